The van der Waals surface area contributed by atoms with Crippen LogP contribution in [0.4, 0.5) is 17.1 Å². The van der Waals surface area contributed by atoms with Crippen molar-refractivity contribution in [3.05, 3.63) is 89.0 Å². The molecule has 0 saturated carbocycles. The quantitative estimate of drug-likeness (QED) is 0.0440. The molecule has 0 aliphatic carbocycles. The van der Waals surface area contributed by atoms with Crippen LogP contribution in [0.15, 0.2) is 81.9 Å². The molecular formula is C40H53N3O6S. The van der Waals surface area contributed by atoms with Crippen LogP contribution in [0, 0.1) is 17.8 Å². The number of aliphatic hydroxyl groups excluding tert-OH is 2. The third-order valence-electron chi connectivity index (χ3n) is 10.5. The van der Waals surface area contributed by atoms with Gasteiger partial charge in [0, 0.05) is 33.5 Å². The van der Waals surface area contributed by atoms with E-state index < -0.39 is 27.2 Å². The van der Waals surface area contributed by atoms with E-state index in [0.29, 0.717) is 16.9 Å². The topological polar surface area (TPSA) is 166 Å². The summed E-state index contributed by atoms with van der Waals surface area (Å²) in [7, 11) is -4.64. The maximum atomic E-state index is 12.3. The van der Waals surface area contributed by atoms with Crippen molar-refractivity contribution in [2.75, 3.05) is 5.73 Å². The van der Waals surface area contributed by atoms with Crippen molar-refractivity contribution in [1.29, 1.82) is 0 Å². The summed E-state index contributed by atoms with van der Waals surface area (Å²) in [6, 6.07) is 19.1. The van der Waals surface area contributed by atoms with Crippen LogP contribution in [0.1, 0.15) is 120 Å². The summed E-state index contributed by atoms with van der Waals surface area (Å²) >= 11 is 0. The lowest BCUT2D eigenvalue weighted by molar-refractivity contribution is 0.104. The molecule has 9 nitrogen and oxygen atoms in total. The van der Waals surface area contributed by atoms with E-state index in [0.717, 1.165) is 61.3 Å². The first-order valence-electron chi connectivity index (χ1n) is 17.9. The molecule has 0 aromatic heterocycles. The Morgan fingerprint density at radius 1 is 0.640 bits per heavy atom. The summed E-state index contributed by atoms with van der Waals surface area (Å²) in [5.74, 6) is -0.0843. The molecule has 0 saturated heterocycles. The van der Waals surface area contributed by atoms with Crippen molar-refractivity contribution in [3.63, 3.8) is 0 Å². The SMILES string of the molecule is CCC(CC)C(O)c1cc(C(c2ccc(N=Nc3cc(S(=O)(=O)O)c4ccccc4c3O)c(C(O)C(CC)CC)c2)C(CC)CC)ccc1N. The number of benzene rings is 4. The van der Waals surface area contributed by atoms with Crippen molar-refractivity contribution in [3.8, 4) is 5.75 Å². The molecule has 4 aromatic rings. The Kier molecular flexibility index (Phi) is 13.2. The Labute approximate surface area is 297 Å². The number of aromatic hydroxyl groups is 1. The standard InChI is InChI=1S/C40H53N3O6S/c1-7-24(8-2)37(27-17-19-33(41)31(21-27)38(44)25(9-3)10-4)28-18-20-34(32(22-28)39(45)26(11-5)12-6)42-43-35-23-36(50(47,48)49)29-15-13-14-16-30(29)40(35)46/h13-26,37-39,44-46H,7-12,41H2,1-6H3,(H,47,48,49). The molecule has 3 unspecified atom stereocenters. The summed E-state index contributed by atoms with van der Waals surface area (Å²) in [4.78, 5) is -0.391. The second-order valence-corrected chi connectivity index (χ2v) is 14.7. The van der Waals surface area contributed by atoms with Gasteiger partial charge in [0.15, 0.2) is 5.75 Å². The first kappa shape index (κ1) is 39.0. The minimum atomic E-state index is -4.64. The maximum Gasteiger partial charge on any atom is 0.295 e. The van der Waals surface area contributed by atoms with Crippen LogP contribution in [-0.2, 0) is 10.1 Å². The number of anilines is 1. The average molecular weight is 704 g/mol. The second-order valence-electron chi connectivity index (χ2n) is 13.3. The molecule has 10 heteroatoms. The fourth-order valence-corrected chi connectivity index (χ4v) is 8.04. The van der Waals surface area contributed by atoms with Gasteiger partial charge in [0.05, 0.1) is 17.9 Å². The van der Waals surface area contributed by atoms with E-state index in [9.17, 15) is 28.3 Å². The van der Waals surface area contributed by atoms with Gasteiger partial charge in [-0.3, -0.25) is 4.55 Å². The number of nitrogens with two attached hydrogens (primary N) is 1. The highest BCUT2D eigenvalue weighted by molar-refractivity contribution is 7.86. The summed E-state index contributed by atoms with van der Waals surface area (Å²) in [6.07, 6.45) is 3.36. The summed E-state index contributed by atoms with van der Waals surface area (Å²) in [5.41, 5.74) is 10.6. The molecule has 0 radical (unpaired) electrons. The fraction of sp³-hybridized carbons (Fsp3) is 0.450. The monoisotopic (exact) mass is 703 g/mol. The molecule has 270 valence electrons. The molecule has 0 aliphatic heterocycles. The van der Waals surface area contributed by atoms with E-state index in [2.05, 4.69) is 37.9 Å². The van der Waals surface area contributed by atoms with Crippen LogP contribution >= 0.6 is 0 Å². The van der Waals surface area contributed by atoms with Crippen molar-refractivity contribution >= 4 is 38.0 Å². The van der Waals surface area contributed by atoms with E-state index in [1.54, 1.807) is 24.3 Å². The smallest absolute Gasteiger partial charge is 0.295 e. The van der Waals surface area contributed by atoms with Gasteiger partial charge in [-0.2, -0.15) is 13.5 Å². The zero-order chi connectivity index (χ0) is 36.7. The van der Waals surface area contributed by atoms with Gasteiger partial charge in [-0.05, 0) is 47.1 Å². The fourth-order valence-electron chi connectivity index (χ4n) is 7.32. The number of nitrogen functional groups attached to an aromatic ring is 1. The predicted molar refractivity (Wildman–Crippen MR) is 201 cm³/mol. The third-order valence-corrected chi connectivity index (χ3v) is 11.4. The molecule has 0 spiro atoms. The van der Waals surface area contributed by atoms with Crippen LogP contribution < -0.4 is 5.73 Å². The van der Waals surface area contributed by atoms with Gasteiger partial charge in [-0.1, -0.05) is 129 Å². The first-order chi connectivity index (χ1) is 23.8. The lowest BCUT2D eigenvalue weighted by atomic mass is 9.76. The number of aliphatic hydroxyl groups is 2. The molecule has 4 rings (SSSR count). The lowest BCUT2D eigenvalue weighted by Gasteiger charge is -2.30. The molecule has 0 fully saturated rings. The molecule has 50 heavy (non-hydrogen) atoms. The van der Waals surface area contributed by atoms with Gasteiger partial charge in [-0.25, -0.2) is 0 Å². The number of phenolic OH excluding ortho intramolecular Hbond substituents is 1. The van der Waals surface area contributed by atoms with Gasteiger partial charge in [0.1, 0.15) is 10.6 Å². The van der Waals surface area contributed by atoms with Gasteiger partial charge >= 0.3 is 0 Å². The summed E-state index contributed by atoms with van der Waals surface area (Å²) in [5, 5.41) is 43.3. The Balaban J connectivity index is 1.91. The largest absolute Gasteiger partial charge is 0.505 e. The Morgan fingerprint density at radius 3 is 1.66 bits per heavy atom. The minimum absolute atomic E-state index is 0.0655. The first-order valence-corrected chi connectivity index (χ1v) is 19.3. The third kappa shape index (κ3) is 8.20. The van der Waals surface area contributed by atoms with Crippen LogP contribution in [0.5, 0.6) is 5.75 Å². The van der Waals surface area contributed by atoms with E-state index >= 15 is 0 Å². The van der Waals surface area contributed by atoms with Crippen molar-refractivity contribution in [2.45, 2.75) is 103 Å². The summed E-state index contributed by atoms with van der Waals surface area (Å²) in [6.45, 7) is 12.5. The molecule has 0 heterocycles. The molecular weight excluding hydrogens is 651 g/mol. The number of hydrogen-bond donors (Lipinski definition) is 5. The summed E-state index contributed by atoms with van der Waals surface area (Å²) < 4.78 is 34.5. The zero-order valence-electron chi connectivity index (χ0n) is 30.0. The van der Waals surface area contributed by atoms with Crippen LogP contribution in [-0.4, -0.2) is 28.3 Å². The van der Waals surface area contributed by atoms with Crippen molar-refractivity contribution in [1.82, 2.24) is 0 Å². The van der Waals surface area contributed by atoms with Crippen LogP contribution in [0.25, 0.3) is 10.8 Å². The number of nitrogens with zero attached hydrogens (tertiary/aromatic N) is 2. The highest BCUT2D eigenvalue weighted by atomic mass is 32.2. The highest BCUT2D eigenvalue weighted by Gasteiger charge is 2.29. The van der Waals surface area contributed by atoms with E-state index in [4.69, 9.17) is 5.73 Å². The van der Waals surface area contributed by atoms with Gasteiger partial charge in [0.25, 0.3) is 10.1 Å². The van der Waals surface area contributed by atoms with Gasteiger partial charge < -0.3 is 21.1 Å². The zero-order valence-corrected chi connectivity index (χ0v) is 30.9. The molecule has 0 aliphatic rings. The van der Waals surface area contributed by atoms with E-state index in [-0.39, 0.29) is 45.9 Å². The van der Waals surface area contributed by atoms with Crippen molar-refractivity contribution < 1.29 is 28.3 Å². The Morgan fingerprint density at radius 2 is 1.12 bits per heavy atom. The predicted octanol–water partition coefficient (Wildman–Crippen LogP) is 10.3. The molecule has 4 aromatic carbocycles. The average Bonchev–Trinajstić information content (AvgIpc) is 3.11. The number of hydrogen-bond acceptors (Lipinski definition) is 8. The molecule has 0 amide bonds. The molecule has 6 N–H and O–H groups in total. The van der Waals surface area contributed by atoms with E-state index in [1.807, 2.05) is 44.2 Å². The highest BCUT2D eigenvalue weighted by Crippen LogP contribution is 2.44. The number of azo groups is 1. The molecule has 3 atom stereocenters. The maximum absolute atomic E-state index is 12.3. The second kappa shape index (κ2) is 16.9. The lowest BCUT2D eigenvalue weighted by Crippen LogP contribution is -2.17. The van der Waals surface area contributed by atoms with Crippen molar-refractivity contribution in [2.24, 2.45) is 28.0 Å². The number of rotatable bonds is 16. The minimum Gasteiger partial charge on any atom is -0.505 e. The number of phenols is 1. The normalized spacial score (nSPS) is 14.3. The van der Waals surface area contributed by atoms with Gasteiger partial charge in [-0.15, -0.1) is 5.11 Å². The Bertz CT molecular complexity index is 1900. The Hall–Kier alpha value is -3.83. The van der Waals surface area contributed by atoms with Crippen LogP contribution in [0.2, 0.25) is 0 Å². The van der Waals surface area contributed by atoms with E-state index in [1.165, 1.54) is 6.07 Å². The number of fused-ring (bicyclic) bond motifs is 1. The van der Waals surface area contributed by atoms with Crippen LogP contribution in [0.3, 0.4) is 0 Å². The molecule has 0 bridgehead atoms. The van der Waals surface area contributed by atoms with Gasteiger partial charge in [0.2, 0.25) is 0 Å².